The zero-order valence-electron chi connectivity index (χ0n) is 8.23. The summed E-state index contributed by atoms with van der Waals surface area (Å²) in [5.41, 5.74) is 10.5. The lowest BCUT2D eigenvalue weighted by molar-refractivity contribution is 1.34. The molecule has 0 saturated carbocycles. The van der Waals surface area contributed by atoms with Crippen molar-refractivity contribution < 1.29 is 0 Å². The largest absolute Gasteiger partial charge is 0.398 e. The normalized spacial score (nSPS) is 9.77. The van der Waals surface area contributed by atoms with Crippen molar-refractivity contribution in [3.63, 3.8) is 0 Å². The highest BCUT2D eigenvalue weighted by atomic mass is 14.8. The summed E-state index contributed by atoms with van der Waals surface area (Å²) in [6.45, 7) is 3.91. The third-order valence-corrected chi connectivity index (χ3v) is 2.27. The average Bonchev–Trinajstić information content (AvgIpc) is 2.13. The van der Waals surface area contributed by atoms with Gasteiger partial charge in [0.15, 0.2) is 0 Å². The molecule has 0 heterocycles. The van der Waals surface area contributed by atoms with Crippen molar-refractivity contribution in [2.45, 2.75) is 13.8 Å². The van der Waals surface area contributed by atoms with E-state index in [4.69, 9.17) is 11.1 Å². The van der Waals surface area contributed by atoms with Crippen LogP contribution in [0.25, 0.3) is 0 Å². The molecular weight excluding hydrogens is 162 g/mol. The Hall–Kier alpha value is -1.51. The van der Waals surface area contributed by atoms with Crippen LogP contribution in [-0.2, 0) is 0 Å². The molecule has 0 aromatic heterocycles. The summed E-state index contributed by atoms with van der Waals surface area (Å²) in [6, 6.07) is 1.92. The Bertz CT molecular complexity index is 343. The van der Waals surface area contributed by atoms with Crippen LogP contribution in [0.3, 0.4) is 0 Å². The predicted octanol–water partition coefficient (Wildman–Crippen LogP) is 1.93. The van der Waals surface area contributed by atoms with Crippen LogP contribution in [0.2, 0.25) is 0 Å². The molecule has 1 aromatic carbocycles. The summed E-state index contributed by atoms with van der Waals surface area (Å²) in [5.74, 6) is 0. The van der Waals surface area contributed by atoms with E-state index in [0.29, 0.717) is 0 Å². The molecule has 0 spiro atoms. The van der Waals surface area contributed by atoms with Gasteiger partial charge in [0.2, 0.25) is 0 Å². The Morgan fingerprint density at radius 1 is 1.46 bits per heavy atom. The SMILES string of the molecule is CNc1c(C=N)cc(C)c(N)c1C. The lowest BCUT2D eigenvalue weighted by Crippen LogP contribution is -2.03. The van der Waals surface area contributed by atoms with Crippen LogP contribution in [0.1, 0.15) is 16.7 Å². The summed E-state index contributed by atoms with van der Waals surface area (Å²) in [7, 11) is 1.84. The number of rotatable bonds is 2. The Balaban J connectivity index is 3.47. The standard InChI is InChI=1S/C10H15N3/c1-6-4-8(5-11)10(13-3)7(2)9(6)12/h4-5,11,13H,12H2,1-3H3. The van der Waals surface area contributed by atoms with Crippen molar-refractivity contribution in [3.05, 3.63) is 22.8 Å². The molecule has 0 unspecified atom stereocenters. The van der Waals surface area contributed by atoms with Crippen molar-refractivity contribution in [1.29, 1.82) is 5.41 Å². The first kappa shape index (κ1) is 9.58. The first-order valence-electron chi connectivity index (χ1n) is 4.19. The zero-order chi connectivity index (χ0) is 10.0. The Labute approximate surface area is 78.5 Å². The fourth-order valence-electron chi connectivity index (χ4n) is 1.48. The van der Waals surface area contributed by atoms with E-state index in [0.717, 1.165) is 28.1 Å². The van der Waals surface area contributed by atoms with Crippen molar-refractivity contribution in [1.82, 2.24) is 0 Å². The van der Waals surface area contributed by atoms with Gasteiger partial charge in [-0.25, -0.2) is 0 Å². The van der Waals surface area contributed by atoms with Gasteiger partial charge in [-0.3, -0.25) is 0 Å². The maximum atomic E-state index is 7.25. The van der Waals surface area contributed by atoms with Gasteiger partial charge in [0, 0.05) is 30.2 Å². The van der Waals surface area contributed by atoms with Crippen molar-refractivity contribution in [3.8, 4) is 0 Å². The number of nitrogens with two attached hydrogens (primary N) is 1. The van der Waals surface area contributed by atoms with E-state index < -0.39 is 0 Å². The van der Waals surface area contributed by atoms with Crippen LogP contribution < -0.4 is 11.1 Å². The van der Waals surface area contributed by atoms with Gasteiger partial charge >= 0.3 is 0 Å². The van der Waals surface area contributed by atoms with Crippen LogP contribution >= 0.6 is 0 Å². The highest BCUT2D eigenvalue weighted by Gasteiger charge is 2.07. The van der Waals surface area contributed by atoms with Gasteiger partial charge in [-0.2, -0.15) is 0 Å². The van der Waals surface area contributed by atoms with E-state index in [1.165, 1.54) is 6.21 Å². The van der Waals surface area contributed by atoms with E-state index in [-0.39, 0.29) is 0 Å². The highest BCUT2D eigenvalue weighted by molar-refractivity contribution is 5.90. The van der Waals surface area contributed by atoms with Gasteiger partial charge in [0.1, 0.15) is 0 Å². The highest BCUT2D eigenvalue weighted by Crippen LogP contribution is 2.27. The topological polar surface area (TPSA) is 61.9 Å². The van der Waals surface area contributed by atoms with Crippen LogP contribution in [0.15, 0.2) is 6.07 Å². The molecule has 0 saturated heterocycles. The molecular formula is C10H15N3. The summed E-state index contributed by atoms with van der Waals surface area (Å²) in [4.78, 5) is 0. The van der Waals surface area contributed by atoms with Crippen molar-refractivity contribution in [2.75, 3.05) is 18.1 Å². The maximum Gasteiger partial charge on any atom is 0.0477 e. The third-order valence-electron chi connectivity index (χ3n) is 2.27. The molecule has 0 radical (unpaired) electrons. The zero-order valence-corrected chi connectivity index (χ0v) is 8.23. The van der Waals surface area contributed by atoms with Crippen molar-refractivity contribution in [2.24, 2.45) is 0 Å². The third kappa shape index (κ3) is 1.49. The number of nitrogen functional groups attached to an aromatic ring is 1. The number of benzene rings is 1. The molecule has 0 aliphatic rings. The van der Waals surface area contributed by atoms with Crippen LogP contribution in [0.5, 0.6) is 0 Å². The van der Waals surface area contributed by atoms with E-state index in [2.05, 4.69) is 5.32 Å². The smallest absolute Gasteiger partial charge is 0.0477 e. The van der Waals surface area contributed by atoms with E-state index in [1.54, 1.807) is 0 Å². The minimum atomic E-state index is 0.801. The quantitative estimate of drug-likeness (QED) is 0.477. The summed E-state index contributed by atoms with van der Waals surface area (Å²) >= 11 is 0. The molecule has 70 valence electrons. The molecule has 1 aromatic rings. The minimum absolute atomic E-state index is 0.801. The Morgan fingerprint density at radius 2 is 2.08 bits per heavy atom. The molecule has 0 bridgehead atoms. The number of hydrogen-bond donors (Lipinski definition) is 3. The molecule has 0 fully saturated rings. The Morgan fingerprint density at radius 3 is 2.54 bits per heavy atom. The molecule has 0 aliphatic heterocycles. The van der Waals surface area contributed by atoms with Crippen LogP contribution in [0.4, 0.5) is 11.4 Å². The average molecular weight is 177 g/mol. The molecule has 1 rings (SSSR count). The van der Waals surface area contributed by atoms with Gasteiger partial charge in [-0.05, 0) is 31.0 Å². The monoisotopic (exact) mass is 177 g/mol. The second-order valence-corrected chi connectivity index (χ2v) is 3.09. The lowest BCUT2D eigenvalue weighted by Gasteiger charge is -2.13. The summed E-state index contributed by atoms with van der Waals surface area (Å²) in [6.07, 6.45) is 1.34. The molecule has 3 heteroatoms. The van der Waals surface area contributed by atoms with Gasteiger partial charge in [-0.1, -0.05) is 0 Å². The molecule has 0 atom stereocenters. The van der Waals surface area contributed by atoms with Gasteiger partial charge in [-0.15, -0.1) is 0 Å². The Kier molecular flexibility index (Phi) is 2.56. The fraction of sp³-hybridized carbons (Fsp3) is 0.300. The number of aryl methyl sites for hydroxylation is 1. The second-order valence-electron chi connectivity index (χ2n) is 3.09. The van der Waals surface area contributed by atoms with E-state index in [1.807, 2.05) is 27.0 Å². The number of nitrogens with one attached hydrogen (secondary N) is 2. The molecule has 4 N–H and O–H groups in total. The van der Waals surface area contributed by atoms with Crippen molar-refractivity contribution >= 4 is 17.6 Å². The van der Waals surface area contributed by atoms with Gasteiger partial charge in [0.05, 0.1) is 0 Å². The molecule has 13 heavy (non-hydrogen) atoms. The minimum Gasteiger partial charge on any atom is -0.398 e. The van der Waals surface area contributed by atoms with Crippen LogP contribution in [-0.4, -0.2) is 13.3 Å². The first-order valence-corrected chi connectivity index (χ1v) is 4.19. The maximum absolute atomic E-state index is 7.25. The first-order chi connectivity index (χ1) is 6.11. The summed E-state index contributed by atoms with van der Waals surface area (Å²) < 4.78 is 0. The molecule has 0 aliphatic carbocycles. The van der Waals surface area contributed by atoms with Gasteiger partial charge in [0.25, 0.3) is 0 Å². The fourth-order valence-corrected chi connectivity index (χ4v) is 1.48. The van der Waals surface area contributed by atoms with E-state index in [9.17, 15) is 0 Å². The lowest BCUT2D eigenvalue weighted by atomic mass is 10.0. The number of anilines is 2. The van der Waals surface area contributed by atoms with Crippen LogP contribution in [0, 0.1) is 19.3 Å². The molecule has 0 amide bonds. The van der Waals surface area contributed by atoms with Gasteiger partial charge < -0.3 is 16.5 Å². The molecule has 3 nitrogen and oxygen atoms in total. The summed E-state index contributed by atoms with van der Waals surface area (Å²) in [5, 5.41) is 10.3. The van der Waals surface area contributed by atoms with E-state index >= 15 is 0 Å². The predicted molar refractivity (Wildman–Crippen MR) is 57.8 cm³/mol. The number of hydrogen-bond acceptors (Lipinski definition) is 3. The second kappa shape index (κ2) is 3.47.